The Morgan fingerprint density at radius 1 is 0.848 bits per heavy atom. The number of rotatable bonds is 7. The van der Waals surface area contributed by atoms with E-state index in [1.54, 1.807) is 10.7 Å². The molecule has 0 bridgehead atoms. The summed E-state index contributed by atoms with van der Waals surface area (Å²) in [6.07, 6.45) is 2.45. The Kier molecular flexibility index (Phi) is 5.75. The highest BCUT2D eigenvalue weighted by Crippen LogP contribution is 2.22. The summed E-state index contributed by atoms with van der Waals surface area (Å²) < 4.78 is 1.80. The summed E-state index contributed by atoms with van der Waals surface area (Å²) in [5.74, 6) is 0.420. The first kappa shape index (κ1) is 20.4. The largest absolute Gasteiger partial charge is 0.352 e. The van der Waals surface area contributed by atoms with Crippen LogP contribution in [0.3, 0.4) is 0 Å². The monoisotopic (exact) mass is 434 g/mol. The summed E-state index contributed by atoms with van der Waals surface area (Å²) in [6, 6.07) is 28.9. The molecule has 7 heteroatoms. The van der Waals surface area contributed by atoms with Crippen molar-refractivity contribution in [3.8, 4) is 11.3 Å². The second-order valence-corrected chi connectivity index (χ2v) is 7.51. The summed E-state index contributed by atoms with van der Waals surface area (Å²) in [6.45, 7) is 0.535. The second kappa shape index (κ2) is 9.32. The number of amides is 1. The van der Waals surface area contributed by atoms with Crippen LogP contribution in [-0.4, -0.2) is 32.0 Å². The smallest absolute Gasteiger partial charge is 0.251 e. The van der Waals surface area contributed by atoms with Crippen LogP contribution in [0.5, 0.6) is 0 Å². The van der Waals surface area contributed by atoms with Crippen molar-refractivity contribution in [2.24, 2.45) is 0 Å². The Hall–Kier alpha value is -4.52. The van der Waals surface area contributed by atoms with Crippen molar-refractivity contribution in [1.29, 1.82) is 0 Å². The number of hydrogen-bond donors (Lipinski definition) is 2. The zero-order valence-corrected chi connectivity index (χ0v) is 17.8. The van der Waals surface area contributed by atoms with Crippen molar-refractivity contribution in [2.75, 3.05) is 11.9 Å². The molecule has 0 fully saturated rings. The third-order valence-corrected chi connectivity index (χ3v) is 5.23. The molecule has 7 nitrogen and oxygen atoms in total. The molecule has 3 aromatic heterocycles. The zero-order valence-electron chi connectivity index (χ0n) is 17.8. The van der Waals surface area contributed by atoms with Crippen LogP contribution in [0, 0.1) is 0 Å². The van der Waals surface area contributed by atoms with Gasteiger partial charge < -0.3 is 10.6 Å². The molecule has 5 aromatic rings. The summed E-state index contributed by atoms with van der Waals surface area (Å²) in [5.41, 5.74) is 5.06. The fourth-order valence-corrected chi connectivity index (χ4v) is 3.57. The molecule has 0 atom stereocenters. The van der Waals surface area contributed by atoms with Crippen LogP contribution in [0.1, 0.15) is 16.1 Å². The fraction of sp³-hybridized carbons (Fsp3) is 0.0769. The summed E-state index contributed by atoms with van der Waals surface area (Å²) >= 11 is 0. The molecule has 2 aromatic carbocycles. The van der Waals surface area contributed by atoms with E-state index >= 15 is 0 Å². The van der Waals surface area contributed by atoms with Crippen molar-refractivity contribution >= 4 is 23.2 Å². The third-order valence-electron chi connectivity index (χ3n) is 5.23. The number of carbonyl (C=O) groups is 1. The van der Waals surface area contributed by atoms with E-state index in [2.05, 4.69) is 25.7 Å². The molecule has 0 aliphatic rings. The molecular formula is C26H22N6O. The predicted molar refractivity (Wildman–Crippen MR) is 128 cm³/mol. The minimum Gasteiger partial charge on any atom is -0.352 e. The van der Waals surface area contributed by atoms with E-state index in [0.717, 1.165) is 28.3 Å². The number of para-hydroxylation sites is 1. The molecule has 3 heterocycles. The summed E-state index contributed by atoms with van der Waals surface area (Å²) in [4.78, 5) is 21.3. The van der Waals surface area contributed by atoms with Crippen LogP contribution in [0.25, 0.3) is 16.9 Å². The van der Waals surface area contributed by atoms with Gasteiger partial charge in [0.15, 0.2) is 5.65 Å². The molecule has 2 N–H and O–H groups in total. The van der Waals surface area contributed by atoms with Crippen molar-refractivity contribution in [3.63, 3.8) is 0 Å². The molecule has 0 spiro atoms. The highest BCUT2D eigenvalue weighted by molar-refractivity contribution is 5.94. The number of pyridine rings is 2. The van der Waals surface area contributed by atoms with Crippen LogP contribution in [0.15, 0.2) is 97.2 Å². The van der Waals surface area contributed by atoms with Crippen molar-refractivity contribution in [3.05, 3.63) is 108 Å². The van der Waals surface area contributed by atoms with Gasteiger partial charge in [-0.2, -0.15) is 4.98 Å². The van der Waals surface area contributed by atoms with Gasteiger partial charge in [-0.15, -0.1) is 5.10 Å². The van der Waals surface area contributed by atoms with Crippen LogP contribution >= 0.6 is 0 Å². The van der Waals surface area contributed by atoms with Gasteiger partial charge in [-0.3, -0.25) is 9.78 Å². The topological polar surface area (TPSA) is 84.2 Å². The average molecular weight is 435 g/mol. The predicted octanol–water partition coefficient (Wildman–Crippen LogP) is 4.51. The Morgan fingerprint density at radius 2 is 1.67 bits per heavy atom. The van der Waals surface area contributed by atoms with Gasteiger partial charge in [-0.1, -0.05) is 42.5 Å². The highest BCUT2D eigenvalue weighted by Gasteiger charge is 2.11. The van der Waals surface area contributed by atoms with Gasteiger partial charge in [0, 0.05) is 41.7 Å². The SMILES string of the molecule is O=C(NCCc1ccccn1)c1ccc(-c2cccc3nc(Nc4ccccc4)nn23)cc1. The first-order valence-electron chi connectivity index (χ1n) is 10.7. The highest BCUT2D eigenvalue weighted by atomic mass is 16.1. The van der Waals surface area contributed by atoms with Gasteiger partial charge in [-0.05, 0) is 48.5 Å². The third kappa shape index (κ3) is 4.72. The molecular weight excluding hydrogens is 412 g/mol. The average Bonchev–Trinajstić information content (AvgIpc) is 3.28. The van der Waals surface area contributed by atoms with Gasteiger partial charge >= 0.3 is 0 Å². The number of carbonyl (C=O) groups excluding carboxylic acids is 1. The van der Waals surface area contributed by atoms with E-state index in [4.69, 9.17) is 0 Å². The molecule has 0 aliphatic carbocycles. The Labute approximate surface area is 191 Å². The fourth-order valence-electron chi connectivity index (χ4n) is 3.57. The summed E-state index contributed by atoms with van der Waals surface area (Å²) in [5, 5.41) is 10.8. The molecule has 33 heavy (non-hydrogen) atoms. The van der Waals surface area contributed by atoms with Crippen LogP contribution < -0.4 is 10.6 Å². The number of nitrogens with one attached hydrogen (secondary N) is 2. The maximum Gasteiger partial charge on any atom is 0.251 e. The number of anilines is 2. The van der Waals surface area contributed by atoms with E-state index in [1.165, 1.54) is 0 Å². The molecule has 0 unspecified atom stereocenters. The maximum absolute atomic E-state index is 12.5. The molecule has 162 valence electrons. The zero-order chi connectivity index (χ0) is 22.5. The lowest BCUT2D eigenvalue weighted by Gasteiger charge is -2.07. The first-order chi connectivity index (χ1) is 16.3. The first-order valence-corrected chi connectivity index (χ1v) is 10.7. The molecule has 5 rings (SSSR count). The quantitative estimate of drug-likeness (QED) is 0.394. The number of aromatic nitrogens is 4. The molecule has 0 radical (unpaired) electrons. The minimum atomic E-state index is -0.106. The van der Waals surface area contributed by atoms with Crippen molar-refractivity contribution in [1.82, 2.24) is 24.9 Å². The number of benzene rings is 2. The Balaban J connectivity index is 1.30. The second-order valence-electron chi connectivity index (χ2n) is 7.51. The van der Waals surface area contributed by atoms with Crippen LogP contribution in [-0.2, 0) is 6.42 Å². The standard InChI is InChI=1S/C26H22N6O/c33-25(28-18-16-21-7-4-5-17-27-21)20-14-12-19(13-15-20)23-10-6-11-24-30-26(31-32(23)24)29-22-8-2-1-3-9-22/h1-15,17H,16,18H2,(H,28,33)(H,29,31). The minimum absolute atomic E-state index is 0.106. The van der Waals surface area contributed by atoms with Gasteiger partial charge in [0.25, 0.3) is 5.91 Å². The number of fused-ring (bicyclic) bond motifs is 1. The lowest BCUT2D eigenvalue weighted by molar-refractivity contribution is 0.0954. The van der Waals surface area contributed by atoms with Gasteiger partial charge in [0.1, 0.15) is 0 Å². The Bertz CT molecular complexity index is 1360. The number of hydrogen-bond acceptors (Lipinski definition) is 5. The Morgan fingerprint density at radius 3 is 2.45 bits per heavy atom. The van der Waals surface area contributed by atoms with E-state index in [0.29, 0.717) is 24.5 Å². The molecule has 0 saturated heterocycles. The lowest BCUT2D eigenvalue weighted by Crippen LogP contribution is -2.25. The summed E-state index contributed by atoms with van der Waals surface area (Å²) in [7, 11) is 0. The normalized spacial score (nSPS) is 10.8. The van der Waals surface area contributed by atoms with Crippen molar-refractivity contribution in [2.45, 2.75) is 6.42 Å². The van der Waals surface area contributed by atoms with Crippen LogP contribution in [0.4, 0.5) is 11.6 Å². The van der Waals surface area contributed by atoms with E-state index in [1.807, 2.05) is 91.0 Å². The lowest BCUT2D eigenvalue weighted by atomic mass is 10.1. The number of nitrogens with zero attached hydrogens (tertiary/aromatic N) is 4. The van der Waals surface area contributed by atoms with E-state index in [9.17, 15) is 4.79 Å². The molecule has 0 aliphatic heterocycles. The molecule has 1 amide bonds. The van der Waals surface area contributed by atoms with Gasteiger partial charge in [-0.25, -0.2) is 4.52 Å². The van der Waals surface area contributed by atoms with Gasteiger partial charge in [0.05, 0.1) is 5.69 Å². The van der Waals surface area contributed by atoms with E-state index in [-0.39, 0.29) is 5.91 Å². The maximum atomic E-state index is 12.5. The van der Waals surface area contributed by atoms with Gasteiger partial charge in [0.2, 0.25) is 5.95 Å². The molecule has 0 saturated carbocycles. The van der Waals surface area contributed by atoms with E-state index < -0.39 is 0 Å². The van der Waals surface area contributed by atoms with Crippen LogP contribution in [0.2, 0.25) is 0 Å². The van der Waals surface area contributed by atoms with Crippen molar-refractivity contribution < 1.29 is 4.79 Å².